The first-order chi connectivity index (χ1) is 8.97. The van der Waals surface area contributed by atoms with Gasteiger partial charge in [-0.2, -0.15) is 0 Å². The van der Waals surface area contributed by atoms with Crippen LogP contribution in [-0.2, 0) is 9.53 Å². The molecule has 0 atom stereocenters. The van der Waals surface area contributed by atoms with E-state index in [1.165, 1.54) is 0 Å². The number of methoxy groups -OCH3 is 1. The van der Waals surface area contributed by atoms with Gasteiger partial charge in [-0.3, -0.25) is 9.59 Å². The van der Waals surface area contributed by atoms with Crippen LogP contribution in [0.1, 0.15) is 29.6 Å². The lowest BCUT2D eigenvalue weighted by atomic mass is 10.2. The lowest BCUT2D eigenvalue weighted by Gasteiger charge is -1.95. The molecular formula is C13H19ClN2O3. The summed E-state index contributed by atoms with van der Waals surface area (Å²) in [5.41, 5.74) is 10.4. The summed E-state index contributed by atoms with van der Waals surface area (Å²) in [7, 11) is 1.64. The maximum Gasteiger partial charge on any atom is 0.248 e. The number of hydrogen-bond acceptors (Lipinski definition) is 3. The summed E-state index contributed by atoms with van der Waals surface area (Å²) >= 11 is 5.56. The number of unbranched alkanes of at least 4 members (excludes halogenated alkanes) is 1. The second-order valence-electron chi connectivity index (χ2n) is 3.79. The van der Waals surface area contributed by atoms with Gasteiger partial charge in [-0.1, -0.05) is 11.6 Å². The van der Waals surface area contributed by atoms with E-state index < -0.39 is 5.91 Å². The van der Waals surface area contributed by atoms with Crippen LogP contribution in [0, 0.1) is 0 Å². The third-order valence-corrected chi connectivity index (χ3v) is 2.40. The molecule has 0 aliphatic carbocycles. The molecule has 0 saturated carbocycles. The molecule has 0 saturated heterocycles. The minimum absolute atomic E-state index is 0.230. The molecule has 0 heterocycles. The predicted molar refractivity (Wildman–Crippen MR) is 74.9 cm³/mol. The zero-order valence-electron chi connectivity index (χ0n) is 10.9. The molecule has 106 valence electrons. The first-order valence-electron chi connectivity index (χ1n) is 5.80. The average molecular weight is 287 g/mol. The van der Waals surface area contributed by atoms with Gasteiger partial charge in [-0.15, -0.1) is 0 Å². The molecule has 2 amide bonds. The van der Waals surface area contributed by atoms with Gasteiger partial charge in [0.1, 0.15) is 0 Å². The number of halogens is 1. The quantitative estimate of drug-likeness (QED) is 0.780. The molecule has 0 spiro atoms. The molecule has 0 aliphatic rings. The van der Waals surface area contributed by atoms with Crippen LogP contribution in [0.25, 0.3) is 0 Å². The van der Waals surface area contributed by atoms with Gasteiger partial charge in [-0.05, 0) is 37.1 Å². The van der Waals surface area contributed by atoms with Gasteiger partial charge < -0.3 is 16.2 Å². The van der Waals surface area contributed by atoms with Gasteiger partial charge in [0, 0.05) is 30.7 Å². The lowest BCUT2D eigenvalue weighted by Crippen LogP contribution is -2.10. The van der Waals surface area contributed by atoms with E-state index in [9.17, 15) is 9.59 Å². The maximum absolute atomic E-state index is 10.5. The molecule has 1 aromatic rings. The largest absolute Gasteiger partial charge is 0.385 e. The third kappa shape index (κ3) is 10.1. The van der Waals surface area contributed by atoms with E-state index in [1.54, 1.807) is 31.4 Å². The molecule has 0 bridgehead atoms. The maximum atomic E-state index is 10.5. The van der Waals surface area contributed by atoms with Crippen molar-refractivity contribution in [3.05, 3.63) is 34.9 Å². The van der Waals surface area contributed by atoms with Gasteiger partial charge in [0.25, 0.3) is 0 Å². The summed E-state index contributed by atoms with van der Waals surface area (Å²) in [4.78, 5) is 20.6. The number of amides is 2. The van der Waals surface area contributed by atoms with Crippen molar-refractivity contribution in [1.82, 2.24) is 0 Å². The Morgan fingerprint density at radius 2 is 1.74 bits per heavy atom. The van der Waals surface area contributed by atoms with E-state index >= 15 is 0 Å². The van der Waals surface area contributed by atoms with Crippen LogP contribution >= 0.6 is 11.6 Å². The van der Waals surface area contributed by atoms with Crippen molar-refractivity contribution in [2.45, 2.75) is 19.3 Å². The van der Waals surface area contributed by atoms with Crippen molar-refractivity contribution in [2.75, 3.05) is 13.7 Å². The van der Waals surface area contributed by atoms with Crippen molar-refractivity contribution in [3.63, 3.8) is 0 Å². The normalized spacial score (nSPS) is 9.37. The topological polar surface area (TPSA) is 95.4 Å². The fraction of sp³-hybridized carbons (Fsp3) is 0.385. The molecule has 5 nitrogen and oxygen atoms in total. The first kappa shape index (κ1) is 17.4. The predicted octanol–water partition coefficient (Wildman–Crippen LogP) is 1.73. The van der Waals surface area contributed by atoms with Crippen molar-refractivity contribution in [2.24, 2.45) is 11.5 Å². The van der Waals surface area contributed by atoms with E-state index in [-0.39, 0.29) is 5.91 Å². The summed E-state index contributed by atoms with van der Waals surface area (Å²) in [6, 6.07) is 6.43. The van der Waals surface area contributed by atoms with Crippen molar-refractivity contribution in [3.8, 4) is 0 Å². The standard InChI is InChI=1S/C7H6ClNO.C6H13NO2/c8-6-3-1-5(2-4-6)7(9)10;1-9-5-3-2-4-6(7)8/h1-4H,(H2,9,10);2-5H2,1H3,(H2,7,8). The Balaban J connectivity index is 0.000000344. The summed E-state index contributed by atoms with van der Waals surface area (Å²) in [5.74, 6) is -0.664. The van der Waals surface area contributed by atoms with Crippen LogP contribution in [0.2, 0.25) is 5.02 Å². The minimum Gasteiger partial charge on any atom is -0.385 e. The van der Waals surface area contributed by atoms with E-state index in [0.29, 0.717) is 23.6 Å². The smallest absolute Gasteiger partial charge is 0.248 e. The lowest BCUT2D eigenvalue weighted by molar-refractivity contribution is -0.118. The molecular weight excluding hydrogens is 268 g/mol. The average Bonchev–Trinajstić information content (AvgIpc) is 2.36. The zero-order valence-corrected chi connectivity index (χ0v) is 11.7. The van der Waals surface area contributed by atoms with Crippen LogP contribution in [0.5, 0.6) is 0 Å². The highest BCUT2D eigenvalue weighted by Crippen LogP contribution is 2.08. The van der Waals surface area contributed by atoms with Gasteiger partial charge in [0.2, 0.25) is 11.8 Å². The number of rotatable bonds is 6. The van der Waals surface area contributed by atoms with Crippen LogP contribution < -0.4 is 11.5 Å². The fourth-order valence-electron chi connectivity index (χ4n) is 1.16. The number of carbonyl (C=O) groups is 2. The number of benzene rings is 1. The van der Waals surface area contributed by atoms with Gasteiger partial charge in [0.05, 0.1) is 0 Å². The van der Waals surface area contributed by atoms with Gasteiger partial charge in [0.15, 0.2) is 0 Å². The van der Waals surface area contributed by atoms with E-state index in [2.05, 4.69) is 0 Å². The van der Waals surface area contributed by atoms with Crippen molar-refractivity contribution < 1.29 is 14.3 Å². The molecule has 19 heavy (non-hydrogen) atoms. The number of ether oxygens (including phenoxy) is 1. The van der Waals surface area contributed by atoms with E-state index in [1.807, 2.05) is 0 Å². The summed E-state index contributed by atoms with van der Waals surface area (Å²) in [6.07, 6.45) is 2.23. The minimum atomic E-state index is -0.434. The van der Waals surface area contributed by atoms with Gasteiger partial charge in [-0.25, -0.2) is 0 Å². The third-order valence-electron chi connectivity index (χ3n) is 2.15. The molecule has 0 fully saturated rings. The van der Waals surface area contributed by atoms with Crippen LogP contribution in [0.4, 0.5) is 0 Å². The van der Waals surface area contributed by atoms with Gasteiger partial charge >= 0.3 is 0 Å². The summed E-state index contributed by atoms with van der Waals surface area (Å²) in [5, 5.41) is 0.602. The Labute approximate surface area is 117 Å². The Morgan fingerprint density at radius 3 is 2.16 bits per heavy atom. The Kier molecular flexibility index (Phi) is 9.48. The molecule has 4 N–H and O–H groups in total. The highest BCUT2D eigenvalue weighted by Gasteiger charge is 1.96. The van der Waals surface area contributed by atoms with Crippen LogP contribution in [0.3, 0.4) is 0 Å². The molecule has 0 radical (unpaired) electrons. The van der Waals surface area contributed by atoms with Crippen LogP contribution in [0.15, 0.2) is 24.3 Å². The second-order valence-corrected chi connectivity index (χ2v) is 4.22. The number of hydrogen-bond donors (Lipinski definition) is 2. The highest BCUT2D eigenvalue weighted by molar-refractivity contribution is 6.30. The molecule has 0 aromatic heterocycles. The zero-order chi connectivity index (χ0) is 14.7. The highest BCUT2D eigenvalue weighted by atomic mass is 35.5. The fourth-order valence-corrected chi connectivity index (χ4v) is 1.29. The van der Waals surface area contributed by atoms with E-state index in [0.717, 1.165) is 12.8 Å². The molecule has 1 aromatic carbocycles. The molecule has 6 heteroatoms. The van der Waals surface area contributed by atoms with Crippen LogP contribution in [-0.4, -0.2) is 25.5 Å². The number of primary amides is 2. The Bertz CT molecular complexity index is 393. The SMILES string of the molecule is COCCCCC(N)=O.NC(=O)c1ccc(Cl)cc1. The Morgan fingerprint density at radius 1 is 1.16 bits per heavy atom. The monoisotopic (exact) mass is 286 g/mol. The van der Waals surface area contributed by atoms with Crippen molar-refractivity contribution >= 4 is 23.4 Å². The second kappa shape index (κ2) is 10.3. The molecule has 1 rings (SSSR count). The molecule has 0 aliphatic heterocycles. The summed E-state index contributed by atoms with van der Waals surface area (Å²) < 4.78 is 4.77. The summed E-state index contributed by atoms with van der Waals surface area (Å²) in [6.45, 7) is 0.716. The number of nitrogens with two attached hydrogens (primary N) is 2. The molecule has 0 unspecified atom stereocenters. The Hall–Kier alpha value is -1.59. The number of carbonyl (C=O) groups excluding carboxylic acids is 2. The van der Waals surface area contributed by atoms with E-state index in [4.69, 9.17) is 27.8 Å². The van der Waals surface area contributed by atoms with Crippen molar-refractivity contribution in [1.29, 1.82) is 0 Å². The first-order valence-corrected chi connectivity index (χ1v) is 6.17.